The van der Waals surface area contributed by atoms with E-state index >= 15 is 0 Å². The zero-order valence-electron chi connectivity index (χ0n) is 15.2. The molecule has 0 bridgehead atoms. The lowest BCUT2D eigenvalue weighted by Crippen LogP contribution is -2.26. The normalized spacial score (nSPS) is 10.3. The summed E-state index contributed by atoms with van der Waals surface area (Å²) in [7, 11) is 1.70. The lowest BCUT2D eigenvalue weighted by molar-refractivity contribution is 0.0695. The van der Waals surface area contributed by atoms with Gasteiger partial charge in [-0.3, -0.25) is 4.79 Å². The Morgan fingerprint density at radius 3 is 2.08 bits per heavy atom. The van der Waals surface area contributed by atoms with E-state index in [0.717, 1.165) is 5.56 Å². The van der Waals surface area contributed by atoms with E-state index in [9.17, 15) is 9.59 Å². The van der Waals surface area contributed by atoms with Crippen molar-refractivity contribution in [2.24, 2.45) is 0 Å². The van der Waals surface area contributed by atoms with Crippen LogP contribution in [0.4, 0.5) is 0 Å². The molecule has 0 radical (unpaired) electrons. The highest BCUT2D eigenvalue weighted by atomic mass is 16.5. The number of amides is 1. The van der Waals surface area contributed by atoms with Crippen LogP contribution in [0.25, 0.3) is 0 Å². The maximum Gasteiger partial charge on any atom is 0.335 e. The second kappa shape index (κ2) is 8.89. The zero-order chi connectivity index (χ0) is 19.1. The smallest absolute Gasteiger partial charge is 0.335 e. The van der Waals surface area contributed by atoms with E-state index in [0.29, 0.717) is 36.8 Å². The third-order valence-electron chi connectivity index (χ3n) is 3.76. The second-order valence-corrected chi connectivity index (χ2v) is 5.69. The molecule has 2 rings (SSSR count). The molecule has 0 saturated heterocycles. The summed E-state index contributed by atoms with van der Waals surface area (Å²) in [6.07, 6.45) is 0. The van der Waals surface area contributed by atoms with Crippen LogP contribution >= 0.6 is 0 Å². The Morgan fingerprint density at radius 2 is 1.50 bits per heavy atom. The fourth-order valence-electron chi connectivity index (χ4n) is 2.50. The standard InChI is InChI=1S/C20H23NO5/c1-4-25-17-11-10-16(12-18(17)26-5-2)19(22)21(3)13-14-6-8-15(9-7-14)20(23)24/h6-12H,4-5,13H2,1-3H3,(H,23,24). The number of hydrogen-bond donors (Lipinski definition) is 1. The number of nitrogens with zero attached hydrogens (tertiary/aromatic N) is 1. The molecule has 1 amide bonds. The van der Waals surface area contributed by atoms with Gasteiger partial charge < -0.3 is 19.5 Å². The van der Waals surface area contributed by atoms with Gasteiger partial charge in [-0.2, -0.15) is 0 Å². The zero-order valence-corrected chi connectivity index (χ0v) is 15.2. The summed E-state index contributed by atoms with van der Waals surface area (Å²) in [5.74, 6) is 0.0207. The molecule has 0 fully saturated rings. The number of carbonyl (C=O) groups excluding carboxylic acids is 1. The van der Waals surface area contributed by atoms with Gasteiger partial charge in [0.05, 0.1) is 18.8 Å². The third-order valence-corrected chi connectivity index (χ3v) is 3.76. The van der Waals surface area contributed by atoms with Gasteiger partial charge >= 0.3 is 5.97 Å². The maximum absolute atomic E-state index is 12.7. The largest absolute Gasteiger partial charge is 0.490 e. The highest BCUT2D eigenvalue weighted by Gasteiger charge is 2.16. The number of ether oxygens (including phenoxy) is 2. The SMILES string of the molecule is CCOc1ccc(C(=O)N(C)Cc2ccc(C(=O)O)cc2)cc1OCC. The van der Waals surface area contributed by atoms with Crippen molar-refractivity contribution in [1.29, 1.82) is 0 Å². The van der Waals surface area contributed by atoms with Gasteiger partial charge in [0.1, 0.15) is 0 Å². The molecule has 0 spiro atoms. The second-order valence-electron chi connectivity index (χ2n) is 5.69. The van der Waals surface area contributed by atoms with Crippen LogP contribution in [0.3, 0.4) is 0 Å². The van der Waals surface area contributed by atoms with E-state index < -0.39 is 5.97 Å². The number of hydrogen-bond acceptors (Lipinski definition) is 4. The molecule has 138 valence electrons. The average molecular weight is 357 g/mol. The first-order chi connectivity index (χ1) is 12.5. The van der Waals surface area contributed by atoms with Crippen LogP contribution < -0.4 is 9.47 Å². The Kier molecular flexibility index (Phi) is 6.60. The molecule has 6 heteroatoms. The minimum absolute atomic E-state index is 0.156. The van der Waals surface area contributed by atoms with E-state index in [1.165, 1.54) is 12.1 Å². The highest BCUT2D eigenvalue weighted by Crippen LogP contribution is 2.29. The van der Waals surface area contributed by atoms with Gasteiger partial charge in [0, 0.05) is 19.2 Å². The van der Waals surface area contributed by atoms with Gasteiger partial charge in [0.15, 0.2) is 11.5 Å². The molecule has 0 aliphatic carbocycles. The summed E-state index contributed by atoms with van der Waals surface area (Å²) in [6.45, 7) is 5.12. The Hall–Kier alpha value is -3.02. The summed E-state index contributed by atoms with van der Waals surface area (Å²) in [6, 6.07) is 11.6. The van der Waals surface area contributed by atoms with Crippen molar-refractivity contribution < 1.29 is 24.2 Å². The van der Waals surface area contributed by atoms with Crippen LogP contribution in [0.1, 0.15) is 40.1 Å². The molecule has 0 unspecified atom stereocenters. The van der Waals surface area contributed by atoms with Gasteiger partial charge in [0.2, 0.25) is 0 Å². The summed E-state index contributed by atoms with van der Waals surface area (Å²) >= 11 is 0. The van der Waals surface area contributed by atoms with Crippen molar-refractivity contribution in [2.75, 3.05) is 20.3 Å². The minimum Gasteiger partial charge on any atom is -0.490 e. The predicted octanol–water partition coefficient (Wildman–Crippen LogP) is 3.45. The quantitative estimate of drug-likeness (QED) is 0.783. The molecule has 6 nitrogen and oxygen atoms in total. The van der Waals surface area contributed by atoms with Crippen LogP contribution in [-0.2, 0) is 6.54 Å². The lowest BCUT2D eigenvalue weighted by Gasteiger charge is -2.19. The van der Waals surface area contributed by atoms with E-state index in [1.807, 2.05) is 13.8 Å². The molecular weight excluding hydrogens is 334 g/mol. The van der Waals surface area contributed by atoms with Crippen molar-refractivity contribution in [3.8, 4) is 11.5 Å². The minimum atomic E-state index is -0.973. The number of carboxylic acid groups (broad SMARTS) is 1. The predicted molar refractivity (Wildman–Crippen MR) is 98.0 cm³/mol. The van der Waals surface area contributed by atoms with Crippen molar-refractivity contribution in [3.63, 3.8) is 0 Å². The van der Waals surface area contributed by atoms with Crippen LogP contribution in [0.2, 0.25) is 0 Å². The monoisotopic (exact) mass is 357 g/mol. The lowest BCUT2D eigenvalue weighted by atomic mass is 10.1. The van der Waals surface area contributed by atoms with Crippen molar-refractivity contribution in [2.45, 2.75) is 20.4 Å². The first kappa shape index (κ1) is 19.3. The van der Waals surface area contributed by atoms with Gasteiger partial charge in [-0.15, -0.1) is 0 Å². The van der Waals surface area contributed by atoms with E-state index in [-0.39, 0.29) is 11.5 Å². The van der Waals surface area contributed by atoms with Crippen LogP contribution in [0.15, 0.2) is 42.5 Å². The fraction of sp³-hybridized carbons (Fsp3) is 0.300. The number of aromatic carboxylic acids is 1. The van der Waals surface area contributed by atoms with Crippen LogP contribution in [-0.4, -0.2) is 42.1 Å². The van der Waals surface area contributed by atoms with Crippen LogP contribution in [0, 0.1) is 0 Å². The first-order valence-corrected chi connectivity index (χ1v) is 8.43. The fourth-order valence-corrected chi connectivity index (χ4v) is 2.50. The number of carbonyl (C=O) groups is 2. The Balaban J connectivity index is 2.13. The molecule has 0 aliphatic heterocycles. The maximum atomic E-state index is 12.7. The molecule has 0 heterocycles. The molecule has 0 saturated carbocycles. The summed E-state index contributed by atoms with van der Waals surface area (Å²) in [5.41, 5.74) is 1.57. The van der Waals surface area contributed by atoms with Crippen molar-refractivity contribution >= 4 is 11.9 Å². The number of benzene rings is 2. The Bertz CT molecular complexity index is 770. The average Bonchev–Trinajstić information content (AvgIpc) is 2.63. The topological polar surface area (TPSA) is 76.1 Å². The van der Waals surface area contributed by atoms with E-state index in [2.05, 4.69) is 0 Å². The number of rotatable bonds is 8. The van der Waals surface area contributed by atoms with Crippen molar-refractivity contribution in [3.05, 3.63) is 59.2 Å². The molecular formula is C20H23NO5. The van der Waals surface area contributed by atoms with Gasteiger partial charge in [-0.05, 0) is 49.7 Å². The summed E-state index contributed by atoms with van der Waals surface area (Å²) < 4.78 is 11.1. The van der Waals surface area contributed by atoms with E-state index in [1.54, 1.807) is 42.3 Å². The summed E-state index contributed by atoms with van der Waals surface area (Å²) in [4.78, 5) is 25.2. The Labute approximate surface area is 153 Å². The first-order valence-electron chi connectivity index (χ1n) is 8.43. The molecule has 2 aromatic rings. The highest BCUT2D eigenvalue weighted by molar-refractivity contribution is 5.94. The van der Waals surface area contributed by atoms with Gasteiger partial charge in [-0.1, -0.05) is 12.1 Å². The molecule has 26 heavy (non-hydrogen) atoms. The van der Waals surface area contributed by atoms with Crippen LogP contribution in [0.5, 0.6) is 11.5 Å². The molecule has 1 N–H and O–H groups in total. The Morgan fingerprint density at radius 1 is 0.923 bits per heavy atom. The number of carboxylic acids is 1. The van der Waals surface area contributed by atoms with Crippen molar-refractivity contribution in [1.82, 2.24) is 4.90 Å². The third kappa shape index (κ3) is 4.75. The van der Waals surface area contributed by atoms with Gasteiger partial charge in [0.25, 0.3) is 5.91 Å². The molecule has 0 atom stereocenters. The van der Waals surface area contributed by atoms with E-state index in [4.69, 9.17) is 14.6 Å². The molecule has 2 aromatic carbocycles. The molecule has 0 aliphatic rings. The van der Waals surface area contributed by atoms with Gasteiger partial charge in [-0.25, -0.2) is 4.79 Å². The summed E-state index contributed by atoms with van der Waals surface area (Å²) in [5, 5.41) is 8.94. The molecule has 0 aromatic heterocycles.